The van der Waals surface area contributed by atoms with E-state index in [0.29, 0.717) is 6.10 Å². The van der Waals surface area contributed by atoms with Crippen LogP contribution in [0.2, 0.25) is 0 Å². The van der Waals surface area contributed by atoms with Crippen molar-refractivity contribution < 1.29 is 4.74 Å². The summed E-state index contributed by atoms with van der Waals surface area (Å²) in [5.41, 5.74) is 3.61. The second-order valence-electron chi connectivity index (χ2n) is 6.08. The van der Waals surface area contributed by atoms with Crippen LogP contribution >= 0.6 is 0 Å². The molecule has 21 heavy (non-hydrogen) atoms. The van der Waals surface area contributed by atoms with Crippen molar-refractivity contribution in [2.45, 2.75) is 44.4 Å². The molecule has 0 amide bonds. The molecule has 2 aliphatic rings. The summed E-state index contributed by atoms with van der Waals surface area (Å²) in [5, 5.41) is 3.53. The number of nitrogens with zero attached hydrogens (tertiary/aromatic N) is 1. The van der Waals surface area contributed by atoms with Crippen molar-refractivity contribution >= 4 is 0 Å². The van der Waals surface area contributed by atoms with Crippen LogP contribution in [0.4, 0.5) is 0 Å². The summed E-state index contributed by atoms with van der Waals surface area (Å²) in [6, 6.07) is 11.3. The maximum Gasteiger partial charge on any atom is 0.119 e. The first-order valence-electron chi connectivity index (χ1n) is 7.81. The van der Waals surface area contributed by atoms with E-state index in [-0.39, 0.29) is 0 Å². The normalized spacial score (nSPS) is 17.7. The number of aromatic nitrogens is 1. The number of ether oxygens (including phenoxy) is 1. The minimum atomic E-state index is 0.453. The van der Waals surface area contributed by atoms with Crippen LogP contribution in [-0.2, 0) is 6.54 Å². The Morgan fingerprint density at radius 3 is 2.52 bits per heavy atom. The van der Waals surface area contributed by atoms with Gasteiger partial charge >= 0.3 is 0 Å². The number of nitrogens with one attached hydrogen (secondary N) is 1. The maximum absolute atomic E-state index is 5.79. The minimum Gasteiger partial charge on any atom is -0.490 e. The van der Waals surface area contributed by atoms with Crippen molar-refractivity contribution in [2.24, 2.45) is 0 Å². The standard InChI is InChI=1S/C18H20N2O/c1-5-17(21-18-7-8-18)6-2-14(1)15-9-13(10-19-12-15)11-20-16-3-4-16/h1-2,5-6,9-10,12,16,18,20H,3-4,7-8,11H2. The third kappa shape index (κ3) is 3.42. The molecule has 3 nitrogen and oxygen atoms in total. The molecule has 1 heterocycles. The van der Waals surface area contributed by atoms with Crippen LogP contribution in [-0.4, -0.2) is 17.1 Å². The molecule has 1 aromatic carbocycles. The summed E-state index contributed by atoms with van der Waals surface area (Å²) in [6.45, 7) is 0.911. The molecule has 0 bridgehead atoms. The van der Waals surface area contributed by atoms with Crippen LogP contribution in [0, 0.1) is 0 Å². The summed E-state index contributed by atoms with van der Waals surface area (Å²) in [7, 11) is 0. The predicted octanol–water partition coefficient (Wildman–Crippen LogP) is 3.54. The number of benzene rings is 1. The first-order valence-corrected chi connectivity index (χ1v) is 7.81. The van der Waals surface area contributed by atoms with Crippen molar-refractivity contribution in [3.63, 3.8) is 0 Å². The van der Waals surface area contributed by atoms with Crippen molar-refractivity contribution in [3.05, 3.63) is 48.3 Å². The molecule has 2 fully saturated rings. The summed E-state index contributed by atoms with van der Waals surface area (Å²) >= 11 is 0. The zero-order chi connectivity index (χ0) is 14.1. The Kier molecular flexibility index (Phi) is 3.36. The molecule has 0 aliphatic heterocycles. The summed E-state index contributed by atoms with van der Waals surface area (Å²) in [5.74, 6) is 0.973. The van der Waals surface area contributed by atoms with E-state index in [1.54, 1.807) is 0 Å². The average Bonchev–Trinajstić information content (AvgIpc) is 3.41. The summed E-state index contributed by atoms with van der Waals surface area (Å²) in [4.78, 5) is 4.37. The predicted molar refractivity (Wildman–Crippen MR) is 83.2 cm³/mol. The van der Waals surface area contributed by atoms with E-state index in [9.17, 15) is 0 Å². The van der Waals surface area contributed by atoms with Gasteiger partial charge in [0.2, 0.25) is 0 Å². The third-order valence-electron chi connectivity index (χ3n) is 3.98. The molecule has 2 saturated carbocycles. The second kappa shape index (κ2) is 5.49. The van der Waals surface area contributed by atoms with Crippen LogP contribution in [0.5, 0.6) is 5.75 Å². The van der Waals surface area contributed by atoms with Gasteiger partial charge in [-0.05, 0) is 55.0 Å². The van der Waals surface area contributed by atoms with Crippen LogP contribution in [0.15, 0.2) is 42.7 Å². The highest BCUT2D eigenvalue weighted by Gasteiger charge is 2.23. The summed E-state index contributed by atoms with van der Waals surface area (Å²) < 4.78 is 5.79. The van der Waals surface area contributed by atoms with Crippen LogP contribution < -0.4 is 10.1 Å². The van der Waals surface area contributed by atoms with E-state index in [1.165, 1.54) is 42.4 Å². The first kappa shape index (κ1) is 12.8. The molecule has 0 radical (unpaired) electrons. The van der Waals surface area contributed by atoms with Gasteiger partial charge in [-0.3, -0.25) is 4.98 Å². The lowest BCUT2D eigenvalue weighted by molar-refractivity contribution is 0.303. The molecule has 1 aromatic heterocycles. The van der Waals surface area contributed by atoms with E-state index in [2.05, 4.69) is 40.6 Å². The van der Waals surface area contributed by atoms with Gasteiger partial charge < -0.3 is 10.1 Å². The second-order valence-corrected chi connectivity index (χ2v) is 6.08. The Morgan fingerprint density at radius 1 is 1.00 bits per heavy atom. The van der Waals surface area contributed by atoms with Gasteiger partial charge in [-0.2, -0.15) is 0 Å². The Balaban J connectivity index is 1.47. The monoisotopic (exact) mass is 280 g/mol. The lowest BCUT2D eigenvalue weighted by Gasteiger charge is -2.08. The molecule has 1 N–H and O–H groups in total. The zero-order valence-corrected chi connectivity index (χ0v) is 12.1. The van der Waals surface area contributed by atoms with Gasteiger partial charge in [-0.15, -0.1) is 0 Å². The maximum atomic E-state index is 5.79. The lowest BCUT2D eigenvalue weighted by atomic mass is 10.1. The molecule has 4 rings (SSSR count). The Bertz CT molecular complexity index is 615. The number of pyridine rings is 1. The Hall–Kier alpha value is -1.87. The highest BCUT2D eigenvalue weighted by Crippen LogP contribution is 2.28. The van der Waals surface area contributed by atoms with E-state index in [1.807, 2.05) is 12.4 Å². The molecule has 2 aromatic rings. The Morgan fingerprint density at radius 2 is 1.81 bits per heavy atom. The number of hydrogen-bond donors (Lipinski definition) is 1. The fourth-order valence-corrected chi connectivity index (χ4v) is 2.40. The van der Waals surface area contributed by atoms with E-state index >= 15 is 0 Å². The fraction of sp³-hybridized carbons (Fsp3) is 0.389. The summed E-state index contributed by atoms with van der Waals surface area (Å²) in [6.07, 6.45) is 9.35. The Labute approximate surface area is 125 Å². The van der Waals surface area contributed by atoms with Gasteiger partial charge in [0.15, 0.2) is 0 Å². The van der Waals surface area contributed by atoms with Crippen molar-refractivity contribution in [1.82, 2.24) is 10.3 Å². The zero-order valence-electron chi connectivity index (χ0n) is 12.1. The van der Waals surface area contributed by atoms with Crippen molar-refractivity contribution in [1.29, 1.82) is 0 Å². The lowest BCUT2D eigenvalue weighted by Crippen LogP contribution is -2.15. The molecular weight excluding hydrogens is 260 g/mol. The SMILES string of the molecule is c1ncc(-c2ccc(OC3CC3)cc2)cc1CNC1CC1. The largest absolute Gasteiger partial charge is 0.490 e. The molecule has 3 heteroatoms. The smallest absolute Gasteiger partial charge is 0.119 e. The molecule has 0 saturated heterocycles. The first-order chi connectivity index (χ1) is 10.4. The van der Waals surface area contributed by atoms with Crippen LogP contribution in [0.25, 0.3) is 11.1 Å². The quantitative estimate of drug-likeness (QED) is 0.878. The molecule has 0 spiro atoms. The highest BCUT2D eigenvalue weighted by molar-refractivity contribution is 5.63. The van der Waals surface area contributed by atoms with Gasteiger partial charge in [-0.25, -0.2) is 0 Å². The topological polar surface area (TPSA) is 34.1 Å². The number of rotatable bonds is 6. The molecule has 0 unspecified atom stereocenters. The van der Waals surface area contributed by atoms with Crippen LogP contribution in [0.3, 0.4) is 0 Å². The molecule has 2 aliphatic carbocycles. The van der Waals surface area contributed by atoms with E-state index < -0.39 is 0 Å². The number of hydrogen-bond acceptors (Lipinski definition) is 3. The van der Waals surface area contributed by atoms with Gasteiger partial charge in [0.1, 0.15) is 5.75 Å². The van der Waals surface area contributed by atoms with Crippen molar-refractivity contribution in [3.8, 4) is 16.9 Å². The highest BCUT2D eigenvalue weighted by atomic mass is 16.5. The fourth-order valence-electron chi connectivity index (χ4n) is 2.40. The minimum absolute atomic E-state index is 0.453. The molecule has 0 atom stereocenters. The van der Waals surface area contributed by atoms with Gasteiger partial charge in [0.25, 0.3) is 0 Å². The van der Waals surface area contributed by atoms with Gasteiger partial charge in [0.05, 0.1) is 6.10 Å². The molecule has 108 valence electrons. The molecular formula is C18H20N2O. The van der Waals surface area contributed by atoms with E-state index in [4.69, 9.17) is 4.74 Å². The van der Waals surface area contributed by atoms with Gasteiger partial charge in [-0.1, -0.05) is 12.1 Å². The van der Waals surface area contributed by atoms with Crippen LogP contribution in [0.1, 0.15) is 31.2 Å². The van der Waals surface area contributed by atoms with Crippen molar-refractivity contribution in [2.75, 3.05) is 0 Å². The third-order valence-corrected chi connectivity index (χ3v) is 3.98. The van der Waals surface area contributed by atoms with E-state index in [0.717, 1.165) is 18.3 Å². The average molecular weight is 280 g/mol. The van der Waals surface area contributed by atoms with Gasteiger partial charge in [0, 0.05) is 30.5 Å².